The molecule has 3 aromatic carbocycles. The average molecular weight is 538 g/mol. The summed E-state index contributed by atoms with van der Waals surface area (Å²) in [7, 11) is -2.81. The summed E-state index contributed by atoms with van der Waals surface area (Å²) < 4.78 is 41.2. The Morgan fingerprint density at radius 1 is 1.11 bits per heavy atom. The lowest BCUT2D eigenvalue weighted by Gasteiger charge is -2.13. The number of carbonyl (C=O) groups is 1. The van der Waals surface area contributed by atoms with E-state index in [1.54, 1.807) is 25.1 Å². The monoisotopic (exact) mass is 537 g/mol. The second kappa shape index (κ2) is 11.9. The molecule has 0 heterocycles. The van der Waals surface area contributed by atoms with Gasteiger partial charge in [-0.05, 0) is 61.9 Å². The molecule has 3 aromatic rings. The van der Waals surface area contributed by atoms with Crippen LogP contribution in [0.4, 0.5) is 11.4 Å². The van der Waals surface area contributed by atoms with Crippen molar-refractivity contribution in [1.29, 1.82) is 5.26 Å². The fourth-order valence-corrected chi connectivity index (χ4v) is 4.16. The number of ether oxygens (including phenoxy) is 2. The van der Waals surface area contributed by atoms with Crippen molar-refractivity contribution in [3.05, 3.63) is 87.5 Å². The summed E-state index contributed by atoms with van der Waals surface area (Å²) in [6.45, 7) is 3.70. The first-order valence-electron chi connectivity index (χ1n) is 11.1. The highest BCUT2D eigenvalue weighted by Gasteiger charge is 2.21. The summed E-state index contributed by atoms with van der Waals surface area (Å²) in [5.41, 5.74) is 0.309. The number of hydrogen-bond donors (Lipinski definition) is 1. The molecule has 0 saturated heterocycles. The van der Waals surface area contributed by atoms with Crippen LogP contribution in [0.15, 0.2) is 71.1 Å². The number of benzene rings is 3. The van der Waals surface area contributed by atoms with Gasteiger partial charge in [0.15, 0.2) is 11.5 Å². The molecule has 0 fully saturated rings. The van der Waals surface area contributed by atoms with Gasteiger partial charge in [-0.3, -0.25) is 14.9 Å². The lowest BCUT2D eigenvalue weighted by molar-refractivity contribution is -0.384. The molecule has 0 aliphatic rings. The second-order valence-electron chi connectivity index (χ2n) is 7.75. The maximum Gasteiger partial charge on any atom is 0.339 e. The number of nitro groups is 1. The number of nitrogens with zero attached hydrogens (tertiary/aromatic N) is 2. The fourth-order valence-electron chi connectivity index (χ4n) is 3.22. The van der Waals surface area contributed by atoms with Crippen molar-refractivity contribution in [3.8, 4) is 23.3 Å². The van der Waals surface area contributed by atoms with Crippen LogP contribution in [0.3, 0.4) is 0 Å². The van der Waals surface area contributed by atoms with Crippen molar-refractivity contribution in [3.63, 3.8) is 0 Å². The van der Waals surface area contributed by atoms with Crippen LogP contribution in [-0.2, 0) is 14.9 Å². The van der Waals surface area contributed by atoms with Gasteiger partial charge in [-0.15, -0.1) is 0 Å². The minimum absolute atomic E-state index is 0.0365. The normalized spacial score (nSPS) is 11.3. The van der Waals surface area contributed by atoms with Crippen LogP contribution >= 0.6 is 0 Å². The molecule has 0 radical (unpaired) electrons. The van der Waals surface area contributed by atoms with Gasteiger partial charge in [0.05, 0.1) is 24.7 Å². The molecular weight excluding hydrogens is 514 g/mol. The van der Waals surface area contributed by atoms with Crippen molar-refractivity contribution in [2.24, 2.45) is 0 Å². The lowest BCUT2D eigenvalue weighted by Crippen LogP contribution is -2.14. The number of methoxy groups -OCH3 is 1. The highest BCUT2D eigenvalue weighted by molar-refractivity contribution is 7.87. The molecule has 1 amide bonds. The van der Waals surface area contributed by atoms with E-state index >= 15 is 0 Å². The van der Waals surface area contributed by atoms with Crippen LogP contribution in [0.5, 0.6) is 17.2 Å². The highest BCUT2D eigenvalue weighted by atomic mass is 32.2. The standard InChI is InChI=1S/C26H23N3O8S/c1-4-36-25-14-18(7-12-24(25)37-38(33,34)21-9-5-17(2)6-10-21)13-19(16-27)26(30)28-22-11-8-20(35-3)15-23(22)29(31)32/h5-15H,4H2,1-3H3,(H,28,30)/b19-13+. The Morgan fingerprint density at radius 3 is 2.42 bits per heavy atom. The van der Waals surface area contributed by atoms with Gasteiger partial charge in [0, 0.05) is 0 Å². The van der Waals surface area contributed by atoms with E-state index < -0.39 is 26.6 Å². The zero-order valence-corrected chi connectivity index (χ0v) is 21.4. The molecule has 0 aliphatic carbocycles. The van der Waals surface area contributed by atoms with E-state index in [0.29, 0.717) is 5.56 Å². The van der Waals surface area contributed by atoms with Crippen molar-refractivity contribution >= 4 is 33.5 Å². The van der Waals surface area contributed by atoms with Crippen LogP contribution in [0.1, 0.15) is 18.1 Å². The third-order valence-electron chi connectivity index (χ3n) is 5.10. The number of amides is 1. The molecule has 0 atom stereocenters. The number of carbonyl (C=O) groups excluding carboxylic acids is 1. The van der Waals surface area contributed by atoms with E-state index in [0.717, 1.165) is 11.6 Å². The third kappa shape index (κ3) is 6.65. The van der Waals surface area contributed by atoms with Gasteiger partial charge >= 0.3 is 10.1 Å². The Balaban J connectivity index is 1.89. The van der Waals surface area contributed by atoms with Gasteiger partial charge in [0.2, 0.25) is 0 Å². The number of hydrogen-bond acceptors (Lipinski definition) is 9. The van der Waals surface area contributed by atoms with Crippen LogP contribution in [0.25, 0.3) is 6.08 Å². The molecular formula is C26H23N3O8S. The van der Waals surface area contributed by atoms with Crippen molar-refractivity contribution in [1.82, 2.24) is 0 Å². The summed E-state index contributed by atoms with van der Waals surface area (Å²) in [6.07, 6.45) is 1.23. The molecule has 12 heteroatoms. The molecule has 1 N–H and O–H groups in total. The zero-order valence-electron chi connectivity index (χ0n) is 20.6. The number of nitro benzene ring substituents is 1. The zero-order chi connectivity index (χ0) is 27.9. The largest absolute Gasteiger partial charge is 0.496 e. The van der Waals surface area contributed by atoms with E-state index in [4.69, 9.17) is 13.7 Å². The molecule has 0 bridgehead atoms. The van der Waals surface area contributed by atoms with Crippen molar-refractivity contribution in [2.75, 3.05) is 19.0 Å². The van der Waals surface area contributed by atoms with Crippen LogP contribution in [0.2, 0.25) is 0 Å². The van der Waals surface area contributed by atoms with Gasteiger partial charge in [-0.2, -0.15) is 13.7 Å². The number of anilines is 1. The summed E-state index contributed by atoms with van der Waals surface area (Å²) in [4.78, 5) is 23.4. The molecule has 0 spiro atoms. The summed E-state index contributed by atoms with van der Waals surface area (Å²) in [6, 6.07) is 15.9. The third-order valence-corrected chi connectivity index (χ3v) is 6.35. The first-order valence-corrected chi connectivity index (χ1v) is 12.5. The Kier molecular flexibility index (Phi) is 8.67. The average Bonchev–Trinajstić information content (AvgIpc) is 2.89. The highest BCUT2D eigenvalue weighted by Crippen LogP contribution is 2.33. The van der Waals surface area contributed by atoms with E-state index in [1.807, 2.05) is 6.92 Å². The smallest absolute Gasteiger partial charge is 0.339 e. The Labute approximate surface area is 219 Å². The second-order valence-corrected chi connectivity index (χ2v) is 9.30. The first kappa shape index (κ1) is 27.7. The molecule has 0 aliphatic heterocycles. The number of nitriles is 1. The molecule has 0 unspecified atom stereocenters. The molecule has 38 heavy (non-hydrogen) atoms. The number of aryl methyl sites for hydroxylation is 1. The van der Waals surface area contributed by atoms with Gasteiger partial charge in [0.25, 0.3) is 11.6 Å². The van der Waals surface area contributed by atoms with E-state index in [9.17, 15) is 28.6 Å². The minimum atomic E-state index is -4.15. The Hall–Kier alpha value is -4.89. The van der Waals surface area contributed by atoms with Crippen LogP contribution < -0.4 is 19.0 Å². The first-order chi connectivity index (χ1) is 18.1. The van der Waals surface area contributed by atoms with Crippen LogP contribution in [0, 0.1) is 28.4 Å². The summed E-state index contributed by atoms with van der Waals surface area (Å²) >= 11 is 0. The number of rotatable bonds is 10. The summed E-state index contributed by atoms with van der Waals surface area (Å²) in [5, 5.41) is 23.3. The quantitative estimate of drug-likeness (QED) is 0.128. The maximum atomic E-state index is 12.7. The molecule has 0 aromatic heterocycles. The predicted molar refractivity (Wildman–Crippen MR) is 138 cm³/mol. The van der Waals surface area contributed by atoms with E-state index in [1.165, 1.54) is 55.7 Å². The Bertz CT molecular complexity index is 1540. The van der Waals surface area contributed by atoms with Gasteiger partial charge < -0.3 is 19.0 Å². The van der Waals surface area contributed by atoms with Gasteiger partial charge in [-0.1, -0.05) is 23.8 Å². The van der Waals surface area contributed by atoms with Crippen LogP contribution in [-0.4, -0.2) is 33.0 Å². The molecule has 3 rings (SSSR count). The fraction of sp³-hybridized carbons (Fsp3) is 0.154. The van der Waals surface area contributed by atoms with Gasteiger partial charge in [0.1, 0.15) is 28.0 Å². The maximum absolute atomic E-state index is 12.7. The van der Waals surface area contributed by atoms with Gasteiger partial charge in [-0.25, -0.2) is 0 Å². The van der Waals surface area contributed by atoms with Crippen molar-refractivity contribution in [2.45, 2.75) is 18.7 Å². The SMILES string of the molecule is CCOc1cc(/C=C(\C#N)C(=O)Nc2ccc(OC)cc2[N+](=O)[O-])ccc1OS(=O)(=O)c1ccc(C)cc1. The number of nitrogens with one attached hydrogen (secondary N) is 1. The molecule has 196 valence electrons. The molecule has 11 nitrogen and oxygen atoms in total. The van der Waals surface area contributed by atoms with Crippen molar-refractivity contribution < 1.29 is 31.8 Å². The minimum Gasteiger partial charge on any atom is -0.496 e. The lowest BCUT2D eigenvalue weighted by atomic mass is 10.1. The topological polar surface area (TPSA) is 158 Å². The van der Waals surface area contributed by atoms with E-state index in [2.05, 4.69) is 5.32 Å². The Morgan fingerprint density at radius 2 is 1.82 bits per heavy atom. The summed E-state index contributed by atoms with van der Waals surface area (Å²) in [5.74, 6) is -0.677. The predicted octanol–water partition coefficient (Wildman–Crippen LogP) is 4.62. The molecule has 0 saturated carbocycles. The van der Waals surface area contributed by atoms with E-state index in [-0.39, 0.29) is 40.0 Å².